The van der Waals surface area contributed by atoms with Crippen LogP contribution in [0.1, 0.15) is 23.7 Å². The molecule has 0 bridgehead atoms. The minimum absolute atomic E-state index is 0.671. The van der Waals surface area contributed by atoms with Crippen molar-refractivity contribution in [2.45, 2.75) is 13.8 Å². The van der Waals surface area contributed by atoms with Crippen LogP contribution in [0.3, 0.4) is 0 Å². The fourth-order valence-corrected chi connectivity index (χ4v) is 2.63. The van der Waals surface area contributed by atoms with Crippen LogP contribution in [-0.4, -0.2) is 4.98 Å². The lowest BCUT2D eigenvalue weighted by molar-refractivity contribution is 1.25. The van der Waals surface area contributed by atoms with Crippen LogP contribution in [-0.2, 0) is 0 Å². The zero-order valence-electron chi connectivity index (χ0n) is 12.7. The molecule has 1 aromatic heterocycles. The molecule has 0 aliphatic heterocycles. The first-order chi connectivity index (χ1) is 10.6. The van der Waals surface area contributed by atoms with Gasteiger partial charge in [-0.05, 0) is 60.9 Å². The van der Waals surface area contributed by atoms with Gasteiger partial charge < -0.3 is 0 Å². The highest BCUT2D eigenvalue weighted by atomic mass is 14.7. The van der Waals surface area contributed by atoms with Crippen LogP contribution >= 0.6 is 0 Å². The van der Waals surface area contributed by atoms with Gasteiger partial charge in [0.1, 0.15) is 0 Å². The Morgan fingerprint density at radius 3 is 2.36 bits per heavy atom. The fourth-order valence-electron chi connectivity index (χ4n) is 2.63. The van der Waals surface area contributed by atoms with Gasteiger partial charge in [0.15, 0.2) is 0 Å². The molecular weight excluding hydrogens is 268 g/mol. The normalized spacial score (nSPS) is 10.4. The quantitative estimate of drug-likeness (QED) is 0.655. The molecule has 2 aromatic carbocycles. The summed E-state index contributed by atoms with van der Waals surface area (Å²) in [6.07, 6.45) is 0. The number of aromatic nitrogens is 1. The highest BCUT2D eigenvalue weighted by molar-refractivity contribution is 5.93. The molecule has 0 aliphatic rings. The standard InChI is InChI=1S/C20H16N2/c1-13(2)18-10-14(3)22-20-9-8-17(11-19(18)20)16-6-4-15(12-21)5-7-16/h4-11H,1H2,2-3H3. The van der Waals surface area contributed by atoms with E-state index in [0.717, 1.165) is 38.9 Å². The number of rotatable bonds is 2. The molecule has 1 heterocycles. The highest BCUT2D eigenvalue weighted by Crippen LogP contribution is 2.29. The molecule has 0 saturated carbocycles. The number of nitriles is 1. The summed E-state index contributed by atoms with van der Waals surface area (Å²) in [6, 6.07) is 18.1. The van der Waals surface area contributed by atoms with E-state index in [1.807, 2.05) is 44.2 Å². The van der Waals surface area contributed by atoms with E-state index in [1.54, 1.807) is 0 Å². The van der Waals surface area contributed by atoms with Crippen molar-refractivity contribution in [3.05, 3.63) is 71.9 Å². The van der Waals surface area contributed by atoms with Crippen LogP contribution in [0.15, 0.2) is 55.1 Å². The average molecular weight is 284 g/mol. The number of allylic oxidation sites excluding steroid dienone is 1. The van der Waals surface area contributed by atoms with E-state index in [-0.39, 0.29) is 0 Å². The molecule has 106 valence electrons. The molecule has 2 nitrogen and oxygen atoms in total. The summed E-state index contributed by atoms with van der Waals surface area (Å²) >= 11 is 0. The molecule has 0 aliphatic carbocycles. The van der Waals surface area contributed by atoms with Crippen molar-refractivity contribution in [1.29, 1.82) is 5.26 Å². The summed E-state index contributed by atoms with van der Waals surface area (Å²) in [6.45, 7) is 8.09. The molecule has 3 aromatic rings. The van der Waals surface area contributed by atoms with Crippen LogP contribution < -0.4 is 0 Å². The second-order valence-electron chi connectivity index (χ2n) is 5.51. The SMILES string of the molecule is C=C(C)c1cc(C)nc2ccc(-c3ccc(C#N)cc3)cc12. The van der Waals surface area contributed by atoms with Crippen molar-refractivity contribution in [3.8, 4) is 17.2 Å². The Labute approximate surface area is 130 Å². The van der Waals surface area contributed by atoms with Crippen molar-refractivity contribution in [3.63, 3.8) is 0 Å². The van der Waals surface area contributed by atoms with E-state index < -0.39 is 0 Å². The Balaban J connectivity index is 2.20. The Kier molecular flexibility index (Phi) is 3.48. The van der Waals surface area contributed by atoms with Gasteiger partial charge in [-0.2, -0.15) is 5.26 Å². The zero-order valence-corrected chi connectivity index (χ0v) is 12.7. The van der Waals surface area contributed by atoms with Crippen LogP contribution in [0.5, 0.6) is 0 Å². The van der Waals surface area contributed by atoms with Crippen molar-refractivity contribution >= 4 is 16.5 Å². The topological polar surface area (TPSA) is 36.7 Å². The molecule has 22 heavy (non-hydrogen) atoms. The van der Waals surface area contributed by atoms with Crippen molar-refractivity contribution < 1.29 is 0 Å². The Morgan fingerprint density at radius 1 is 1.05 bits per heavy atom. The largest absolute Gasteiger partial charge is 0.253 e. The van der Waals surface area contributed by atoms with Crippen molar-refractivity contribution in [1.82, 2.24) is 4.98 Å². The third-order valence-corrected chi connectivity index (χ3v) is 3.74. The molecule has 0 fully saturated rings. The lowest BCUT2D eigenvalue weighted by Gasteiger charge is -2.10. The monoisotopic (exact) mass is 284 g/mol. The van der Waals surface area contributed by atoms with E-state index in [4.69, 9.17) is 5.26 Å². The summed E-state index contributed by atoms with van der Waals surface area (Å²) in [7, 11) is 0. The number of hydrogen-bond acceptors (Lipinski definition) is 2. The summed E-state index contributed by atoms with van der Waals surface area (Å²) in [5, 5.41) is 10.0. The van der Waals surface area contributed by atoms with Crippen LogP contribution in [0, 0.1) is 18.3 Å². The first-order valence-electron chi connectivity index (χ1n) is 7.16. The smallest absolute Gasteiger partial charge is 0.0991 e. The van der Waals surface area contributed by atoms with Gasteiger partial charge in [0.25, 0.3) is 0 Å². The van der Waals surface area contributed by atoms with Crippen molar-refractivity contribution in [2.24, 2.45) is 0 Å². The molecule has 0 unspecified atom stereocenters. The number of hydrogen-bond donors (Lipinski definition) is 0. The third-order valence-electron chi connectivity index (χ3n) is 3.74. The number of pyridine rings is 1. The second kappa shape index (κ2) is 5.46. The Morgan fingerprint density at radius 2 is 1.73 bits per heavy atom. The maximum atomic E-state index is 8.90. The molecule has 0 spiro atoms. The minimum Gasteiger partial charge on any atom is -0.253 e. The van der Waals surface area contributed by atoms with Crippen LogP contribution in [0.25, 0.3) is 27.6 Å². The van der Waals surface area contributed by atoms with E-state index in [1.165, 1.54) is 0 Å². The van der Waals surface area contributed by atoms with Gasteiger partial charge in [0, 0.05) is 11.1 Å². The van der Waals surface area contributed by atoms with Gasteiger partial charge >= 0.3 is 0 Å². The second-order valence-corrected chi connectivity index (χ2v) is 5.51. The Bertz CT molecular complexity index is 913. The first kappa shape index (κ1) is 14.0. The molecule has 3 rings (SSSR count). The maximum absolute atomic E-state index is 8.90. The number of aryl methyl sites for hydroxylation is 1. The lowest BCUT2D eigenvalue weighted by atomic mass is 9.97. The van der Waals surface area contributed by atoms with E-state index in [2.05, 4.69) is 35.8 Å². The highest BCUT2D eigenvalue weighted by Gasteiger charge is 2.07. The molecule has 0 saturated heterocycles. The summed E-state index contributed by atoms with van der Waals surface area (Å²) in [4.78, 5) is 4.60. The summed E-state index contributed by atoms with van der Waals surface area (Å²) in [5.41, 5.74) is 7.03. The fraction of sp³-hybridized carbons (Fsp3) is 0.100. The zero-order chi connectivity index (χ0) is 15.7. The molecule has 2 heteroatoms. The van der Waals surface area contributed by atoms with Gasteiger partial charge in [-0.3, -0.25) is 4.98 Å². The average Bonchev–Trinajstić information content (AvgIpc) is 2.53. The van der Waals surface area contributed by atoms with Gasteiger partial charge in [-0.1, -0.05) is 30.4 Å². The first-order valence-corrected chi connectivity index (χ1v) is 7.16. The van der Waals surface area contributed by atoms with Gasteiger partial charge in [0.2, 0.25) is 0 Å². The van der Waals surface area contributed by atoms with Crippen LogP contribution in [0.2, 0.25) is 0 Å². The van der Waals surface area contributed by atoms with Gasteiger partial charge in [0.05, 0.1) is 17.1 Å². The van der Waals surface area contributed by atoms with Crippen molar-refractivity contribution in [2.75, 3.05) is 0 Å². The minimum atomic E-state index is 0.671. The Hall–Kier alpha value is -2.92. The predicted molar refractivity (Wildman–Crippen MR) is 91.3 cm³/mol. The van der Waals surface area contributed by atoms with Gasteiger partial charge in [-0.25, -0.2) is 0 Å². The lowest BCUT2D eigenvalue weighted by Crippen LogP contribution is -1.90. The molecule has 0 amide bonds. The van der Waals surface area contributed by atoms with E-state index >= 15 is 0 Å². The van der Waals surface area contributed by atoms with Gasteiger partial charge in [-0.15, -0.1) is 0 Å². The molecule has 0 atom stereocenters. The summed E-state index contributed by atoms with van der Waals surface area (Å²) < 4.78 is 0. The van der Waals surface area contributed by atoms with Crippen LogP contribution in [0.4, 0.5) is 0 Å². The maximum Gasteiger partial charge on any atom is 0.0991 e. The van der Waals surface area contributed by atoms with E-state index in [0.29, 0.717) is 5.56 Å². The summed E-state index contributed by atoms with van der Waals surface area (Å²) in [5.74, 6) is 0. The predicted octanol–water partition coefficient (Wildman–Crippen LogP) is 5.12. The number of nitrogens with zero attached hydrogens (tertiary/aromatic N) is 2. The van der Waals surface area contributed by atoms with E-state index in [9.17, 15) is 0 Å². The number of benzene rings is 2. The number of fused-ring (bicyclic) bond motifs is 1. The molecule has 0 radical (unpaired) electrons. The molecule has 0 N–H and O–H groups in total. The third kappa shape index (κ3) is 2.49. The molecular formula is C20H16N2.